The van der Waals surface area contributed by atoms with Gasteiger partial charge < -0.3 is 5.32 Å². The molecule has 1 N–H and O–H groups in total. The van der Waals surface area contributed by atoms with E-state index in [9.17, 15) is 4.79 Å². The summed E-state index contributed by atoms with van der Waals surface area (Å²) in [7, 11) is 0. The monoisotopic (exact) mass is 328 g/mol. The van der Waals surface area contributed by atoms with Gasteiger partial charge in [-0.05, 0) is 50.3 Å². The molecule has 1 aliphatic carbocycles. The summed E-state index contributed by atoms with van der Waals surface area (Å²) in [5.74, 6) is 1.35. The lowest BCUT2D eigenvalue weighted by Crippen LogP contribution is -2.43. The molecule has 1 aromatic rings. The molecule has 0 radical (unpaired) electrons. The number of carbonyl (C=O) groups is 1. The van der Waals surface area contributed by atoms with Gasteiger partial charge in [0.25, 0.3) is 0 Å². The third-order valence-electron chi connectivity index (χ3n) is 5.89. The lowest BCUT2D eigenvalue weighted by atomic mass is 9.88. The highest BCUT2D eigenvalue weighted by Crippen LogP contribution is 2.27. The van der Waals surface area contributed by atoms with Crippen molar-refractivity contribution in [3.8, 4) is 0 Å². The van der Waals surface area contributed by atoms with E-state index in [2.05, 4.69) is 47.5 Å². The molecular formula is C21H32N2O. The number of hydrogen-bond donors (Lipinski definition) is 1. The summed E-state index contributed by atoms with van der Waals surface area (Å²) in [4.78, 5) is 15.1. The quantitative estimate of drug-likeness (QED) is 0.880. The molecule has 24 heavy (non-hydrogen) atoms. The Labute approximate surface area is 146 Å². The largest absolute Gasteiger partial charge is 0.354 e. The van der Waals surface area contributed by atoms with Gasteiger partial charge in [0.2, 0.25) is 5.91 Å². The van der Waals surface area contributed by atoms with Gasteiger partial charge in [-0.3, -0.25) is 9.69 Å². The van der Waals surface area contributed by atoms with E-state index in [1.165, 1.54) is 37.7 Å². The Morgan fingerprint density at radius 3 is 2.42 bits per heavy atom. The van der Waals surface area contributed by atoms with Gasteiger partial charge in [0.15, 0.2) is 0 Å². The van der Waals surface area contributed by atoms with Crippen LogP contribution in [0.3, 0.4) is 0 Å². The minimum atomic E-state index is 0.247. The van der Waals surface area contributed by atoms with Gasteiger partial charge >= 0.3 is 0 Å². The third-order valence-corrected chi connectivity index (χ3v) is 5.89. The highest BCUT2D eigenvalue weighted by molar-refractivity contribution is 5.78. The summed E-state index contributed by atoms with van der Waals surface area (Å²) in [5, 5.41) is 3.28. The van der Waals surface area contributed by atoms with Crippen molar-refractivity contribution in [2.75, 3.05) is 19.6 Å². The Hall–Kier alpha value is -1.35. The molecule has 1 unspecified atom stereocenters. The molecule has 1 aromatic carbocycles. The fourth-order valence-corrected chi connectivity index (χ4v) is 4.18. The summed E-state index contributed by atoms with van der Waals surface area (Å²) < 4.78 is 0. The molecule has 2 fully saturated rings. The standard InChI is InChI=1S/C21H32N2O/c1-17-12-14-23(15-13-17)20(18-8-4-2-5-9-18)16-22-21(24)19-10-6-3-7-11-19/h2,4-5,8-9,17,19-20H,3,6-7,10-16H2,1H3,(H,22,24). The minimum Gasteiger partial charge on any atom is -0.354 e. The minimum absolute atomic E-state index is 0.247. The van der Waals surface area contributed by atoms with E-state index < -0.39 is 0 Å². The summed E-state index contributed by atoms with van der Waals surface area (Å²) in [6, 6.07) is 11.0. The Morgan fingerprint density at radius 2 is 1.75 bits per heavy atom. The van der Waals surface area contributed by atoms with Crippen LogP contribution in [-0.2, 0) is 4.79 Å². The Kier molecular flexibility index (Phi) is 6.30. The third kappa shape index (κ3) is 4.60. The molecule has 3 heteroatoms. The molecule has 0 aromatic heterocycles. The smallest absolute Gasteiger partial charge is 0.223 e. The van der Waals surface area contributed by atoms with Crippen LogP contribution in [0.1, 0.15) is 63.5 Å². The molecule has 1 amide bonds. The number of benzene rings is 1. The second-order valence-electron chi connectivity index (χ2n) is 7.73. The second kappa shape index (κ2) is 8.66. The topological polar surface area (TPSA) is 32.3 Å². The van der Waals surface area contributed by atoms with Crippen molar-refractivity contribution in [3.63, 3.8) is 0 Å². The number of carbonyl (C=O) groups excluding carboxylic acids is 1. The highest BCUT2D eigenvalue weighted by Gasteiger charge is 2.26. The van der Waals surface area contributed by atoms with Crippen LogP contribution in [0.4, 0.5) is 0 Å². The maximum atomic E-state index is 12.5. The van der Waals surface area contributed by atoms with Crippen LogP contribution < -0.4 is 5.32 Å². The number of amides is 1. The summed E-state index contributed by atoms with van der Waals surface area (Å²) >= 11 is 0. The van der Waals surface area contributed by atoms with Gasteiger partial charge in [-0.25, -0.2) is 0 Å². The molecule has 1 saturated heterocycles. The van der Waals surface area contributed by atoms with Crippen LogP contribution >= 0.6 is 0 Å². The zero-order valence-electron chi connectivity index (χ0n) is 15.0. The van der Waals surface area contributed by atoms with Gasteiger partial charge in [0, 0.05) is 12.5 Å². The van der Waals surface area contributed by atoms with E-state index in [1.807, 2.05) is 0 Å². The first-order valence-corrected chi connectivity index (χ1v) is 9.80. The average Bonchev–Trinajstić information content (AvgIpc) is 2.65. The molecule has 1 heterocycles. The number of hydrogen-bond acceptors (Lipinski definition) is 2. The maximum Gasteiger partial charge on any atom is 0.223 e. The van der Waals surface area contributed by atoms with Crippen molar-refractivity contribution in [2.45, 2.75) is 57.9 Å². The van der Waals surface area contributed by atoms with E-state index in [0.717, 1.165) is 38.4 Å². The summed E-state index contributed by atoms with van der Waals surface area (Å²) in [6.07, 6.45) is 8.39. The normalized spacial score (nSPS) is 22.2. The van der Waals surface area contributed by atoms with Crippen molar-refractivity contribution in [1.82, 2.24) is 10.2 Å². The predicted octanol–water partition coefficient (Wildman–Crippen LogP) is 4.16. The van der Waals surface area contributed by atoms with Crippen LogP contribution in [0.25, 0.3) is 0 Å². The first-order chi connectivity index (χ1) is 11.7. The van der Waals surface area contributed by atoms with E-state index >= 15 is 0 Å². The Morgan fingerprint density at radius 1 is 1.08 bits per heavy atom. The van der Waals surface area contributed by atoms with Crippen molar-refractivity contribution in [3.05, 3.63) is 35.9 Å². The molecule has 2 aliphatic rings. The van der Waals surface area contributed by atoms with Crippen LogP contribution in [0.2, 0.25) is 0 Å². The van der Waals surface area contributed by atoms with Crippen LogP contribution in [0, 0.1) is 11.8 Å². The molecule has 0 spiro atoms. The SMILES string of the molecule is CC1CCN(C(CNC(=O)C2CCCCC2)c2ccccc2)CC1. The molecule has 1 atom stereocenters. The molecule has 3 rings (SSSR count). The van der Waals surface area contributed by atoms with E-state index in [4.69, 9.17) is 0 Å². The van der Waals surface area contributed by atoms with Gasteiger partial charge in [0.05, 0.1) is 6.04 Å². The number of nitrogens with one attached hydrogen (secondary N) is 1. The fourth-order valence-electron chi connectivity index (χ4n) is 4.18. The van der Waals surface area contributed by atoms with Crippen molar-refractivity contribution in [1.29, 1.82) is 0 Å². The zero-order chi connectivity index (χ0) is 16.8. The van der Waals surface area contributed by atoms with Gasteiger partial charge in [-0.1, -0.05) is 56.5 Å². The maximum absolute atomic E-state index is 12.5. The molecule has 132 valence electrons. The predicted molar refractivity (Wildman–Crippen MR) is 98.7 cm³/mol. The summed E-state index contributed by atoms with van der Waals surface area (Å²) in [6.45, 7) is 5.37. The van der Waals surface area contributed by atoms with Crippen molar-refractivity contribution >= 4 is 5.91 Å². The van der Waals surface area contributed by atoms with E-state index in [-0.39, 0.29) is 11.8 Å². The van der Waals surface area contributed by atoms with E-state index in [1.54, 1.807) is 0 Å². The second-order valence-corrected chi connectivity index (χ2v) is 7.73. The van der Waals surface area contributed by atoms with Gasteiger partial charge in [-0.15, -0.1) is 0 Å². The van der Waals surface area contributed by atoms with E-state index in [0.29, 0.717) is 6.04 Å². The number of rotatable bonds is 5. The molecule has 3 nitrogen and oxygen atoms in total. The van der Waals surface area contributed by atoms with Crippen LogP contribution in [0.5, 0.6) is 0 Å². The molecule has 1 aliphatic heterocycles. The zero-order valence-corrected chi connectivity index (χ0v) is 15.0. The Balaban J connectivity index is 1.62. The highest BCUT2D eigenvalue weighted by atomic mass is 16.1. The molecule has 0 bridgehead atoms. The van der Waals surface area contributed by atoms with Crippen LogP contribution in [0.15, 0.2) is 30.3 Å². The molecule has 1 saturated carbocycles. The fraction of sp³-hybridized carbons (Fsp3) is 0.667. The average molecular weight is 328 g/mol. The van der Waals surface area contributed by atoms with Gasteiger partial charge in [-0.2, -0.15) is 0 Å². The molecular weight excluding hydrogens is 296 g/mol. The number of likely N-dealkylation sites (tertiary alicyclic amines) is 1. The number of nitrogens with zero attached hydrogens (tertiary/aromatic N) is 1. The Bertz CT molecular complexity index is 502. The van der Waals surface area contributed by atoms with Crippen LogP contribution in [-0.4, -0.2) is 30.4 Å². The lowest BCUT2D eigenvalue weighted by Gasteiger charge is -2.37. The van der Waals surface area contributed by atoms with Crippen molar-refractivity contribution < 1.29 is 4.79 Å². The lowest BCUT2D eigenvalue weighted by molar-refractivity contribution is -0.126. The number of piperidine rings is 1. The first-order valence-electron chi connectivity index (χ1n) is 9.80. The van der Waals surface area contributed by atoms with Gasteiger partial charge in [0.1, 0.15) is 0 Å². The van der Waals surface area contributed by atoms with Crippen molar-refractivity contribution in [2.24, 2.45) is 11.8 Å². The first kappa shape index (κ1) is 17.5. The summed E-state index contributed by atoms with van der Waals surface area (Å²) in [5.41, 5.74) is 1.33.